The molecule has 1 saturated carbocycles. The van der Waals surface area contributed by atoms with E-state index in [-0.39, 0.29) is 0 Å². The molecule has 4 nitrogen and oxygen atoms in total. The van der Waals surface area contributed by atoms with Gasteiger partial charge < -0.3 is 10.1 Å². The van der Waals surface area contributed by atoms with Gasteiger partial charge in [-0.15, -0.1) is 10.2 Å². The van der Waals surface area contributed by atoms with E-state index in [0.29, 0.717) is 6.10 Å². The largest absolute Gasteiger partial charge is 0.376 e. The van der Waals surface area contributed by atoms with E-state index in [4.69, 9.17) is 4.74 Å². The van der Waals surface area contributed by atoms with Crippen LogP contribution in [0.3, 0.4) is 0 Å². The van der Waals surface area contributed by atoms with E-state index in [2.05, 4.69) is 15.5 Å². The van der Waals surface area contributed by atoms with E-state index < -0.39 is 0 Å². The van der Waals surface area contributed by atoms with Crippen LogP contribution in [0.1, 0.15) is 37.1 Å². The minimum absolute atomic E-state index is 0.492. The van der Waals surface area contributed by atoms with Crippen molar-refractivity contribution in [1.29, 1.82) is 0 Å². The van der Waals surface area contributed by atoms with E-state index in [1.54, 1.807) is 11.3 Å². The lowest BCUT2D eigenvalue weighted by Gasteiger charge is -2.21. The number of nitrogens with one attached hydrogen (secondary N) is 1. The average Bonchev–Trinajstić information content (AvgIpc) is 2.72. The van der Waals surface area contributed by atoms with Crippen LogP contribution in [0.5, 0.6) is 0 Å². The fourth-order valence-corrected chi connectivity index (χ4v) is 2.60. The molecule has 0 aromatic carbocycles. The molecule has 1 heterocycles. The second-order valence-electron chi connectivity index (χ2n) is 4.18. The molecule has 5 heteroatoms. The minimum atomic E-state index is 0.492. The maximum atomic E-state index is 5.81. The normalized spacial score (nSPS) is 17.6. The van der Waals surface area contributed by atoms with E-state index >= 15 is 0 Å². The zero-order chi connectivity index (χ0) is 11.2. The number of rotatable bonds is 5. The molecule has 1 aromatic rings. The van der Waals surface area contributed by atoms with Crippen LogP contribution in [0.15, 0.2) is 0 Å². The van der Waals surface area contributed by atoms with Gasteiger partial charge in [0.15, 0.2) is 0 Å². The molecule has 0 saturated heterocycles. The zero-order valence-corrected chi connectivity index (χ0v) is 10.6. The standard InChI is InChI=1S/C11H19N3OS/c1-9-13-14-11(16-9)12-7-8-15-10-5-3-2-4-6-10/h10H,2-8H2,1H3,(H,12,14). The highest BCUT2D eigenvalue weighted by Gasteiger charge is 2.13. The molecule has 16 heavy (non-hydrogen) atoms. The fourth-order valence-electron chi connectivity index (χ4n) is 1.98. The lowest BCUT2D eigenvalue weighted by molar-refractivity contribution is 0.0347. The third-order valence-corrected chi connectivity index (χ3v) is 3.61. The molecular formula is C11H19N3OS. The van der Waals surface area contributed by atoms with Gasteiger partial charge in [0.1, 0.15) is 5.01 Å². The second-order valence-corrected chi connectivity index (χ2v) is 5.37. The summed E-state index contributed by atoms with van der Waals surface area (Å²) in [6.07, 6.45) is 6.99. The Morgan fingerprint density at radius 2 is 2.12 bits per heavy atom. The Balaban J connectivity index is 1.57. The first-order valence-electron chi connectivity index (χ1n) is 6.00. The molecule has 1 aliphatic rings. The number of hydrogen-bond acceptors (Lipinski definition) is 5. The molecule has 0 spiro atoms. The Morgan fingerprint density at radius 1 is 1.31 bits per heavy atom. The SMILES string of the molecule is Cc1nnc(NCCOC2CCCCC2)s1. The Kier molecular flexibility index (Phi) is 4.54. The van der Waals surface area contributed by atoms with Gasteiger partial charge >= 0.3 is 0 Å². The van der Waals surface area contributed by atoms with Crippen molar-refractivity contribution in [3.63, 3.8) is 0 Å². The van der Waals surface area contributed by atoms with Crippen molar-refractivity contribution in [2.75, 3.05) is 18.5 Å². The zero-order valence-electron chi connectivity index (χ0n) is 9.74. The molecule has 0 aliphatic heterocycles. The summed E-state index contributed by atoms with van der Waals surface area (Å²) >= 11 is 1.58. The molecule has 0 amide bonds. The van der Waals surface area contributed by atoms with Crippen LogP contribution < -0.4 is 5.32 Å². The van der Waals surface area contributed by atoms with Gasteiger partial charge in [0.05, 0.1) is 12.7 Å². The molecule has 0 radical (unpaired) electrons. The number of anilines is 1. The molecule has 1 N–H and O–H groups in total. The molecule has 0 atom stereocenters. The highest BCUT2D eigenvalue weighted by Crippen LogP contribution is 2.20. The first-order valence-corrected chi connectivity index (χ1v) is 6.82. The van der Waals surface area contributed by atoms with Gasteiger partial charge in [0.2, 0.25) is 5.13 Å². The quantitative estimate of drug-likeness (QED) is 0.805. The molecule has 0 unspecified atom stereocenters. The van der Waals surface area contributed by atoms with Crippen LogP contribution >= 0.6 is 11.3 Å². The lowest BCUT2D eigenvalue weighted by atomic mass is 9.98. The number of ether oxygens (including phenoxy) is 1. The fraction of sp³-hybridized carbons (Fsp3) is 0.818. The van der Waals surface area contributed by atoms with E-state index in [0.717, 1.165) is 23.3 Å². The monoisotopic (exact) mass is 241 g/mol. The summed E-state index contributed by atoms with van der Waals surface area (Å²) in [6.45, 7) is 3.55. The number of hydrogen-bond donors (Lipinski definition) is 1. The number of nitrogens with zero attached hydrogens (tertiary/aromatic N) is 2. The maximum absolute atomic E-state index is 5.81. The molecule has 1 aromatic heterocycles. The van der Waals surface area contributed by atoms with Gasteiger partial charge in [-0.2, -0.15) is 0 Å². The van der Waals surface area contributed by atoms with Crippen molar-refractivity contribution in [1.82, 2.24) is 10.2 Å². The van der Waals surface area contributed by atoms with Gasteiger partial charge in [-0.05, 0) is 19.8 Å². The summed E-state index contributed by atoms with van der Waals surface area (Å²) in [6, 6.07) is 0. The van der Waals surface area contributed by atoms with Crippen LogP contribution in [0.25, 0.3) is 0 Å². The van der Waals surface area contributed by atoms with Crippen LogP contribution in [-0.2, 0) is 4.74 Å². The Morgan fingerprint density at radius 3 is 2.81 bits per heavy atom. The summed E-state index contributed by atoms with van der Waals surface area (Å²) < 4.78 is 5.81. The van der Waals surface area contributed by atoms with Gasteiger partial charge in [-0.1, -0.05) is 30.6 Å². The van der Waals surface area contributed by atoms with E-state index in [1.807, 2.05) is 6.92 Å². The van der Waals surface area contributed by atoms with Crippen molar-refractivity contribution < 1.29 is 4.74 Å². The van der Waals surface area contributed by atoms with Crippen molar-refractivity contribution >= 4 is 16.5 Å². The van der Waals surface area contributed by atoms with E-state index in [9.17, 15) is 0 Å². The molecule has 0 bridgehead atoms. The maximum Gasteiger partial charge on any atom is 0.205 e. The third-order valence-electron chi connectivity index (χ3n) is 2.81. The van der Waals surface area contributed by atoms with Gasteiger partial charge in [-0.25, -0.2) is 0 Å². The van der Waals surface area contributed by atoms with E-state index in [1.165, 1.54) is 32.1 Å². The molecule has 1 fully saturated rings. The first-order chi connectivity index (χ1) is 7.84. The topological polar surface area (TPSA) is 47.0 Å². The highest BCUT2D eigenvalue weighted by atomic mass is 32.1. The van der Waals surface area contributed by atoms with Crippen molar-refractivity contribution in [3.05, 3.63) is 5.01 Å². The minimum Gasteiger partial charge on any atom is -0.376 e. The molecule has 1 aliphatic carbocycles. The molecule has 90 valence electrons. The van der Waals surface area contributed by atoms with Crippen LogP contribution in [-0.4, -0.2) is 29.5 Å². The van der Waals surface area contributed by atoms with Gasteiger partial charge in [0, 0.05) is 6.54 Å². The molecular weight excluding hydrogens is 222 g/mol. The lowest BCUT2D eigenvalue weighted by Crippen LogP contribution is -2.20. The Hall–Kier alpha value is -0.680. The molecule has 2 rings (SSSR count). The summed E-state index contributed by atoms with van der Waals surface area (Å²) in [5.41, 5.74) is 0. The Labute approximate surface area is 100 Å². The number of aromatic nitrogens is 2. The highest BCUT2D eigenvalue weighted by molar-refractivity contribution is 7.15. The van der Waals surface area contributed by atoms with Crippen LogP contribution in [0, 0.1) is 6.92 Å². The first kappa shape index (κ1) is 11.8. The smallest absolute Gasteiger partial charge is 0.205 e. The van der Waals surface area contributed by atoms with Crippen LogP contribution in [0.4, 0.5) is 5.13 Å². The summed E-state index contributed by atoms with van der Waals surface area (Å²) in [5, 5.41) is 13.1. The third kappa shape index (κ3) is 3.72. The second kappa shape index (κ2) is 6.15. The van der Waals surface area contributed by atoms with Crippen molar-refractivity contribution in [2.24, 2.45) is 0 Å². The van der Waals surface area contributed by atoms with Crippen molar-refractivity contribution in [2.45, 2.75) is 45.1 Å². The Bertz CT molecular complexity index is 310. The summed E-state index contributed by atoms with van der Waals surface area (Å²) in [7, 11) is 0. The summed E-state index contributed by atoms with van der Waals surface area (Å²) in [5.74, 6) is 0. The van der Waals surface area contributed by atoms with Gasteiger partial charge in [0.25, 0.3) is 0 Å². The average molecular weight is 241 g/mol. The predicted octanol–water partition coefficient (Wildman–Crippen LogP) is 2.61. The van der Waals surface area contributed by atoms with Gasteiger partial charge in [-0.3, -0.25) is 0 Å². The van der Waals surface area contributed by atoms with Crippen molar-refractivity contribution in [3.8, 4) is 0 Å². The van der Waals surface area contributed by atoms with Crippen LogP contribution in [0.2, 0.25) is 0 Å². The number of aryl methyl sites for hydroxylation is 1. The summed E-state index contributed by atoms with van der Waals surface area (Å²) in [4.78, 5) is 0. The predicted molar refractivity (Wildman–Crippen MR) is 66.0 cm³/mol.